The second-order valence-electron chi connectivity index (χ2n) is 4.19. The highest BCUT2D eigenvalue weighted by molar-refractivity contribution is 5.17. The van der Waals surface area contributed by atoms with Crippen LogP contribution >= 0.6 is 0 Å². The molecule has 0 bridgehead atoms. The molecule has 1 unspecified atom stereocenters. The highest BCUT2D eigenvalue weighted by atomic mass is 19.1. The van der Waals surface area contributed by atoms with Gasteiger partial charge in [-0.2, -0.15) is 0 Å². The van der Waals surface area contributed by atoms with Crippen LogP contribution in [0.1, 0.15) is 25.3 Å². The van der Waals surface area contributed by atoms with Crippen molar-refractivity contribution >= 4 is 0 Å². The number of nitrogens with one attached hydrogen (secondary N) is 1. The zero-order valence-corrected chi connectivity index (χ0v) is 9.67. The van der Waals surface area contributed by atoms with Gasteiger partial charge in [0.1, 0.15) is 5.82 Å². The lowest BCUT2D eigenvalue weighted by Gasteiger charge is -2.15. The maximum absolute atomic E-state index is 13.0. The standard InChI is InChI=1S/C13H19FN2/c1-10(2)6-7-13(16-15)9-11-4-3-5-12(14)8-11/h3-5,8,13,16H,1,6-7,9,15H2,2H3. The van der Waals surface area contributed by atoms with E-state index in [2.05, 4.69) is 12.0 Å². The van der Waals surface area contributed by atoms with E-state index in [0.29, 0.717) is 0 Å². The molecule has 3 N–H and O–H groups in total. The summed E-state index contributed by atoms with van der Waals surface area (Å²) >= 11 is 0. The molecule has 0 saturated heterocycles. The second-order valence-corrected chi connectivity index (χ2v) is 4.19. The fourth-order valence-corrected chi connectivity index (χ4v) is 1.61. The summed E-state index contributed by atoms with van der Waals surface area (Å²) in [5, 5.41) is 0. The maximum atomic E-state index is 13.0. The van der Waals surface area contributed by atoms with Crippen molar-refractivity contribution in [1.29, 1.82) is 0 Å². The lowest BCUT2D eigenvalue weighted by Crippen LogP contribution is -2.36. The molecule has 0 radical (unpaired) electrons. The van der Waals surface area contributed by atoms with Crippen molar-refractivity contribution in [2.75, 3.05) is 0 Å². The summed E-state index contributed by atoms with van der Waals surface area (Å²) in [6, 6.07) is 6.79. The summed E-state index contributed by atoms with van der Waals surface area (Å²) < 4.78 is 13.0. The van der Waals surface area contributed by atoms with Crippen LogP contribution < -0.4 is 11.3 Å². The van der Waals surface area contributed by atoms with Gasteiger partial charge in [0, 0.05) is 6.04 Å². The smallest absolute Gasteiger partial charge is 0.123 e. The van der Waals surface area contributed by atoms with Crippen molar-refractivity contribution in [3.63, 3.8) is 0 Å². The first-order valence-electron chi connectivity index (χ1n) is 5.46. The minimum atomic E-state index is -0.201. The number of hydrogen-bond acceptors (Lipinski definition) is 2. The first kappa shape index (κ1) is 12.9. The quantitative estimate of drug-likeness (QED) is 0.441. The van der Waals surface area contributed by atoms with Crippen LogP contribution in [0.4, 0.5) is 4.39 Å². The van der Waals surface area contributed by atoms with Gasteiger partial charge < -0.3 is 0 Å². The van der Waals surface area contributed by atoms with Gasteiger partial charge in [0.05, 0.1) is 0 Å². The molecular weight excluding hydrogens is 203 g/mol. The number of allylic oxidation sites excluding steroid dienone is 1. The van der Waals surface area contributed by atoms with Crippen molar-refractivity contribution < 1.29 is 4.39 Å². The van der Waals surface area contributed by atoms with Crippen molar-refractivity contribution in [1.82, 2.24) is 5.43 Å². The number of hydrazine groups is 1. The van der Waals surface area contributed by atoms with E-state index < -0.39 is 0 Å². The van der Waals surface area contributed by atoms with Gasteiger partial charge in [-0.1, -0.05) is 17.7 Å². The summed E-state index contributed by atoms with van der Waals surface area (Å²) in [5.74, 6) is 5.27. The van der Waals surface area contributed by atoms with E-state index in [1.54, 1.807) is 12.1 Å². The SMILES string of the molecule is C=C(C)CCC(Cc1cccc(F)c1)NN. The van der Waals surface area contributed by atoms with Crippen LogP contribution in [0.2, 0.25) is 0 Å². The average molecular weight is 222 g/mol. The molecule has 0 heterocycles. The molecule has 0 amide bonds. The largest absolute Gasteiger partial charge is 0.271 e. The van der Waals surface area contributed by atoms with Crippen LogP contribution in [-0.2, 0) is 6.42 Å². The highest BCUT2D eigenvalue weighted by Gasteiger charge is 2.08. The van der Waals surface area contributed by atoms with E-state index in [1.807, 2.05) is 13.0 Å². The minimum Gasteiger partial charge on any atom is -0.271 e. The van der Waals surface area contributed by atoms with Gasteiger partial charge in [-0.25, -0.2) is 4.39 Å². The molecule has 16 heavy (non-hydrogen) atoms. The summed E-state index contributed by atoms with van der Waals surface area (Å²) in [7, 11) is 0. The van der Waals surface area contributed by atoms with Crippen molar-refractivity contribution in [3.8, 4) is 0 Å². The summed E-state index contributed by atoms with van der Waals surface area (Å²) in [5.41, 5.74) is 4.86. The molecule has 1 atom stereocenters. The Kier molecular flexibility index (Phi) is 5.15. The summed E-state index contributed by atoms with van der Waals surface area (Å²) in [6.07, 6.45) is 2.59. The number of rotatable bonds is 6. The van der Waals surface area contributed by atoms with Crippen LogP contribution in [-0.4, -0.2) is 6.04 Å². The molecule has 0 aliphatic rings. The Labute approximate surface area is 96.3 Å². The van der Waals surface area contributed by atoms with Crippen LogP contribution in [0.15, 0.2) is 36.4 Å². The normalized spacial score (nSPS) is 12.4. The molecular formula is C13H19FN2. The van der Waals surface area contributed by atoms with Gasteiger partial charge in [-0.3, -0.25) is 11.3 Å². The molecule has 0 spiro atoms. The predicted molar refractivity (Wildman–Crippen MR) is 65.3 cm³/mol. The zero-order chi connectivity index (χ0) is 12.0. The summed E-state index contributed by atoms with van der Waals surface area (Å²) in [6.45, 7) is 5.85. The molecule has 1 rings (SSSR count). The third-order valence-electron chi connectivity index (χ3n) is 2.53. The molecule has 0 aliphatic carbocycles. The lowest BCUT2D eigenvalue weighted by atomic mass is 10.0. The lowest BCUT2D eigenvalue weighted by molar-refractivity contribution is 0.489. The number of hydrogen-bond donors (Lipinski definition) is 2. The molecule has 2 nitrogen and oxygen atoms in total. The van der Waals surface area contributed by atoms with E-state index in [0.717, 1.165) is 30.4 Å². The molecule has 1 aromatic carbocycles. The Morgan fingerprint density at radius 2 is 2.31 bits per heavy atom. The average Bonchev–Trinajstić information content (AvgIpc) is 2.24. The highest BCUT2D eigenvalue weighted by Crippen LogP contribution is 2.11. The van der Waals surface area contributed by atoms with Gasteiger partial charge in [0.25, 0.3) is 0 Å². The van der Waals surface area contributed by atoms with E-state index in [-0.39, 0.29) is 11.9 Å². The Balaban J connectivity index is 2.52. The number of benzene rings is 1. The number of halogens is 1. The van der Waals surface area contributed by atoms with E-state index in [9.17, 15) is 4.39 Å². The third kappa shape index (κ3) is 4.55. The maximum Gasteiger partial charge on any atom is 0.123 e. The number of nitrogens with two attached hydrogens (primary N) is 1. The Morgan fingerprint density at radius 1 is 1.56 bits per heavy atom. The van der Waals surface area contributed by atoms with E-state index in [1.165, 1.54) is 6.07 Å². The fraction of sp³-hybridized carbons (Fsp3) is 0.385. The Hall–Kier alpha value is -1.19. The van der Waals surface area contributed by atoms with Crippen molar-refractivity contribution in [2.45, 2.75) is 32.2 Å². The molecule has 0 saturated carbocycles. The van der Waals surface area contributed by atoms with Crippen LogP contribution in [0, 0.1) is 5.82 Å². The van der Waals surface area contributed by atoms with Crippen molar-refractivity contribution in [3.05, 3.63) is 47.8 Å². The van der Waals surface area contributed by atoms with Gasteiger partial charge >= 0.3 is 0 Å². The first-order chi connectivity index (χ1) is 7.61. The minimum absolute atomic E-state index is 0.165. The van der Waals surface area contributed by atoms with Gasteiger partial charge in [0.2, 0.25) is 0 Å². The van der Waals surface area contributed by atoms with Crippen molar-refractivity contribution in [2.24, 2.45) is 5.84 Å². The van der Waals surface area contributed by atoms with Gasteiger partial charge in [0.15, 0.2) is 0 Å². The zero-order valence-electron chi connectivity index (χ0n) is 9.67. The van der Waals surface area contributed by atoms with Crippen LogP contribution in [0.5, 0.6) is 0 Å². The molecule has 0 aliphatic heterocycles. The Morgan fingerprint density at radius 3 is 2.88 bits per heavy atom. The monoisotopic (exact) mass is 222 g/mol. The molecule has 3 heteroatoms. The topological polar surface area (TPSA) is 38.0 Å². The van der Waals surface area contributed by atoms with Gasteiger partial charge in [-0.05, 0) is 43.9 Å². The Bertz CT molecular complexity index is 350. The molecule has 0 aromatic heterocycles. The molecule has 0 fully saturated rings. The van der Waals surface area contributed by atoms with Gasteiger partial charge in [-0.15, -0.1) is 6.58 Å². The van der Waals surface area contributed by atoms with E-state index in [4.69, 9.17) is 5.84 Å². The summed E-state index contributed by atoms with van der Waals surface area (Å²) in [4.78, 5) is 0. The van der Waals surface area contributed by atoms with Crippen LogP contribution in [0.3, 0.4) is 0 Å². The fourth-order valence-electron chi connectivity index (χ4n) is 1.61. The predicted octanol–water partition coefficient (Wildman–Crippen LogP) is 2.56. The third-order valence-corrected chi connectivity index (χ3v) is 2.53. The van der Waals surface area contributed by atoms with Crippen LogP contribution in [0.25, 0.3) is 0 Å². The molecule has 1 aromatic rings. The second kappa shape index (κ2) is 6.40. The molecule has 88 valence electrons. The first-order valence-corrected chi connectivity index (χ1v) is 5.46. The van der Waals surface area contributed by atoms with E-state index >= 15 is 0 Å².